The highest BCUT2D eigenvalue weighted by molar-refractivity contribution is 6.30. The molecule has 0 spiro atoms. The van der Waals surface area contributed by atoms with E-state index < -0.39 is 0 Å². The number of hydrogen-bond donors (Lipinski definition) is 0. The monoisotopic (exact) mass is 226 g/mol. The molecule has 1 aromatic carbocycles. The third kappa shape index (κ3) is 3.56. The molecule has 3 heteroatoms. The first-order chi connectivity index (χ1) is 7.15. The molecule has 1 aromatic rings. The van der Waals surface area contributed by atoms with E-state index in [0.29, 0.717) is 22.9 Å². The van der Waals surface area contributed by atoms with Crippen LogP contribution < -0.4 is 10.2 Å². The van der Waals surface area contributed by atoms with Gasteiger partial charge in [0.15, 0.2) is 5.75 Å². The minimum absolute atomic E-state index is 0.0852. The first-order valence-corrected chi connectivity index (χ1v) is 5.46. The molecule has 0 fully saturated rings. The van der Waals surface area contributed by atoms with Crippen LogP contribution in [0, 0.1) is 6.92 Å². The van der Waals surface area contributed by atoms with Crippen molar-refractivity contribution in [2.24, 2.45) is 0 Å². The third-order valence-electron chi connectivity index (χ3n) is 2.09. The van der Waals surface area contributed by atoms with Crippen LogP contribution in [0.5, 0.6) is 5.75 Å². The molecule has 1 rings (SSSR count). The smallest absolute Gasteiger partial charge is 0.223 e. The van der Waals surface area contributed by atoms with Gasteiger partial charge in [0, 0.05) is 10.6 Å². The van der Waals surface area contributed by atoms with E-state index in [9.17, 15) is 4.79 Å². The van der Waals surface area contributed by atoms with Crippen LogP contribution in [0.25, 0.3) is 0 Å². The van der Waals surface area contributed by atoms with Gasteiger partial charge in [-0.25, -0.2) is 0 Å². The summed E-state index contributed by atoms with van der Waals surface area (Å²) in [5.74, 6) is 0.382. The average Bonchev–Trinajstić information content (AvgIpc) is 2.31. The molecule has 0 aliphatic carbocycles. The fourth-order valence-electron chi connectivity index (χ4n) is 1.19. The van der Waals surface area contributed by atoms with E-state index in [0.717, 1.165) is 12.8 Å². The lowest BCUT2D eigenvalue weighted by atomic mass is 10.3. The summed E-state index contributed by atoms with van der Waals surface area (Å²) in [6.45, 7) is 4.39. The van der Waals surface area contributed by atoms with Crippen molar-refractivity contribution in [3.8, 4) is 5.75 Å². The van der Waals surface area contributed by atoms with Gasteiger partial charge in [0.05, 0.1) is 6.61 Å². The van der Waals surface area contributed by atoms with Crippen LogP contribution in [0.1, 0.15) is 25.3 Å². The molecule has 0 saturated carbocycles. The summed E-state index contributed by atoms with van der Waals surface area (Å²) in [4.78, 5) is 11.7. The second-order valence-corrected chi connectivity index (χ2v) is 3.88. The Morgan fingerprint density at radius 2 is 2.13 bits per heavy atom. The topological polar surface area (TPSA) is 26.3 Å². The van der Waals surface area contributed by atoms with Crippen molar-refractivity contribution in [1.29, 1.82) is 0 Å². The Morgan fingerprint density at radius 3 is 2.80 bits per heavy atom. The second kappa shape index (κ2) is 5.76. The number of ether oxygens (including phenoxy) is 1. The molecule has 82 valence electrons. The van der Waals surface area contributed by atoms with Gasteiger partial charge in [-0.05, 0) is 31.5 Å². The molecule has 15 heavy (non-hydrogen) atoms. The molecule has 0 heterocycles. The van der Waals surface area contributed by atoms with Crippen molar-refractivity contribution in [1.82, 2.24) is 0 Å². The number of aryl methyl sites for hydroxylation is 1. The molecule has 0 aromatic heterocycles. The molecule has 0 aliphatic rings. The Morgan fingerprint density at radius 1 is 1.40 bits per heavy atom. The van der Waals surface area contributed by atoms with Gasteiger partial charge in [-0.1, -0.05) is 24.9 Å². The highest BCUT2D eigenvalue weighted by Crippen LogP contribution is 2.11. The van der Waals surface area contributed by atoms with Crippen LogP contribution in [0.15, 0.2) is 23.0 Å². The number of hydrogen-bond acceptors (Lipinski definition) is 2. The van der Waals surface area contributed by atoms with Gasteiger partial charge in [-0.2, -0.15) is 0 Å². The summed E-state index contributed by atoms with van der Waals surface area (Å²) in [5, 5.41) is 0.551. The molecule has 0 unspecified atom stereocenters. The van der Waals surface area contributed by atoms with Gasteiger partial charge in [-0.3, -0.25) is 4.79 Å². The number of halogens is 1. The van der Waals surface area contributed by atoms with Gasteiger partial charge in [-0.15, -0.1) is 0 Å². The lowest BCUT2D eigenvalue weighted by Crippen LogP contribution is -2.08. The Labute approximate surface area is 94.8 Å². The maximum Gasteiger partial charge on any atom is 0.223 e. The lowest BCUT2D eigenvalue weighted by molar-refractivity contribution is 0.307. The van der Waals surface area contributed by atoms with Crippen molar-refractivity contribution in [3.05, 3.63) is 39.0 Å². The second-order valence-electron chi connectivity index (χ2n) is 3.44. The minimum atomic E-state index is -0.0852. The normalized spacial score (nSPS) is 10.1. The van der Waals surface area contributed by atoms with Crippen LogP contribution in [-0.2, 0) is 0 Å². The third-order valence-corrected chi connectivity index (χ3v) is 2.32. The summed E-state index contributed by atoms with van der Waals surface area (Å²) in [6, 6.07) is 4.96. The van der Waals surface area contributed by atoms with E-state index >= 15 is 0 Å². The highest BCUT2D eigenvalue weighted by Gasteiger charge is 2.02. The summed E-state index contributed by atoms with van der Waals surface area (Å²) >= 11 is 5.84. The summed E-state index contributed by atoms with van der Waals surface area (Å²) in [6.07, 6.45) is 2.00. The standard InChI is InChI=1S/C12H15ClO2/c1-3-4-7-15-11-6-5-10(13)8-9(2)12(11)14/h5-6,8H,3-4,7H2,1-2H3. The minimum Gasteiger partial charge on any atom is -0.489 e. The Bertz CT molecular complexity index is 388. The Balaban J connectivity index is 2.94. The molecule has 0 N–H and O–H groups in total. The first kappa shape index (κ1) is 12.1. The fraction of sp³-hybridized carbons (Fsp3) is 0.417. The van der Waals surface area contributed by atoms with E-state index in [1.54, 1.807) is 25.1 Å². The van der Waals surface area contributed by atoms with Gasteiger partial charge in [0.25, 0.3) is 0 Å². The van der Waals surface area contributed by atoms with Crippen LogP contribution in [0.4, 0.5) is 0 Å². The molecule has 0 bridgehead atoms. The Hall–Kier alpha value is -1.02. The van der Waals surface area contributed by atoms with E-state index in [-0.39, 0.29) is 5.43 Å². The molecule has 0 radical (unpaired) electrons. The SMILES string of the molecule is CCCCOc1ccc(Cl)cc(C)c1=O. The van der Waals surface area contributed by atoms with Gasteiger partial charge < -0.3 is 4.74 Å². The predicted molar refractivity (Wildman–Crippen MR) is 62.9 cm³/mol. The van der Waals surface area contributed by atoms with Crippen LogP contribution in [0.2, 0.25) is 5.02 Å². The summed E-state index contributed by atoms with van der Waals surface area (Å²) < 4.78 is 5.40. The summed E-state index contributed by atoms with van der Waals surface area (Å²) in [5.41, 5.74) is 0.523. The first-order valence-electron chi connectivity index (χ1n) is 5.08. The van der Waals surface area contributed by atoms with Crippen molar-refractivity contribution in [2.45, 2.75) is 26.7 Å². The maximum absolute atomic E-state index is 11.7. The lowest BCUT2D eigenvalue weighted by Gasteiger charge is -2.01. The molecule has 0 amide bonds. The van der Waals surface area contributed by atoms with Gasteiger partial charge >= 0.3 is 0 Å². The number of unbranched alkanes of at least 4 members (excludes halogenated alkanes) is 1. The molecular weight excluding hydrogens is 212 g/mol. The molecular formula is C12H15ClO2. The van der Waals surface area contributed by atoms with E-state index in [1.165, 1.54) is 0 Å². The van der Waals surface area contributed by atoms with Crippen molar-refractivity contribution < 1.29 is 4.74 Å². The van der Waals surface area contributed by atoms with Crippen LogP contribution in [0.3, 0.4) is 0 Å². The van der Waals surface area contributed by atoms with E-state index in [1.807, 2.05) is 0 Å². The van der Waals surface area contributed by atoms with Gasteiger partial charge in [0.1, 0.15) is 0 Å². The fourth-order valence-corrected chi connectivity index (χ4v) is 1.41. The number of rotatable bonds is 4. The zero-order valence-electron chi connectivity index (χ0n) is 9.05. The van der Waals surface area contributed by atoms with Crippen molar-refractivity contribution >= 4 is 11.6 Å². The maximum atomic E-state index is 11.7. The molecule has 0 saturated heterocycles. The van der Waals surface area contributed by atoms with Crippen LogP contribution >= 0.6 is 11.6 Å². The van der Waals surface area contributed by atoms with E-state index in [2.05, 4.69) is 6.92 Å². The highest BCUT2D eigenvalue weighted by atomic mass is 35.5. The van der Waals surface area contributed by atoms with Gasteiger partial charge in [0.2, 0.25) is 5.43 Å². The zero-order valence-corrected chi connectivity index (χ0v) is 9.80. The van der Waals surface area contributed by atoms with Crippen molar-refractivity contribution in [2.75, 3.05) is 6.61 Å². The zero-order chi connectivity index (χ0) is 11.3. The quantitative estimate of drug-likeness (QED) is 0.737. The Kier molecular flexibility index (Phi) is 4.63. The summed E-state index contributed by atoms with van der Waals surface area (Å²) in [7, 11) is 0. The molecule has 0 atom stereocenters. The molecule has 2 nitrogen and oxygen atoms in total. The largest absolute Gasteiger partial charge is 0.489 e. The average molecular weight is 227 g/mol. The van der Waals surface area contributed by atoms with E-state index in [4.69, 9.17) is 16.3 Å². The van der Waals surface area contributed by atoms with Crippen molar-refractivity contribution in [3.63, 3.8) is 0 Å². The predicted octanol–water partition coefficient (Wildman–Crippen LogP) is 3.19. The molecule has 0 aliphatic heterocycles. The van der Waals surface area contributed by atoms with Crippen LogP contribution in [-0.4, -0.2) is 6.61 Å².